The maximum absolute atomic E-state index is 2.71. The minimum absolute atomic E-state index is 0.863. The molecule has 0 amide bonds. The minimum atomic E-state index is 0.863. The Morgan fingerprint density at radius 1 is 0.882 bits per heavy atom. The van der Waals surface area contributed by atoms with Crippen molar-refractivity contribution in [2.24, 2.45) is 17.8 Å². The van der Waals surface area contributed by atoms with Crippen LogP contribution in [0.1, 0.15) is 66.2 Å². The Morgan fingerprint density at radius 3 is 2.00 bits per heavy atom. The van der Waals surface area contributed by atoms with E-state index in [0.29, 0.717) is 0 Å². The zero-order valence-electron chi connectivity index (χ0n) is 12.5. The third kappa shape index (κ3) is 5.90. The van der Waals surface area contributed by atoms with Crippen molar-refractivity contribution >= 4 is 0 Å². The highest BCUT2D eigenvalue weighted by Crippen LogP contribution is 2.23. The molecule has 1 rings (SSSR count). The van der Waals surface area contributed by atoms with Gasteiger partial charge in [0.15, 0.2) is 0 Å². The van der Waals surface area contributed by atoms with Crippen LogP contribution in [0.25, 0.3) is 0 Å². The van der Waals surface area contributed by atoms with Crippen molar-refractivity contribution < 1.29 is 0 Å². The number of likely N-dealkylation sites (tertiary alicyclic amines) is 1. The van der Waals surface area contributed by atoms with Gasteiger partial charge in [-0.25, -0.2) is 0 Å². The Hall–Kier alpha value is -0.0400. The van der Waals surface area contributed by atoms with Gasteiger partial charge in [0.2, 0.25) is 0 Å². The van der Waals surface area contributed by atoms with E-state index >= 15 is 0 Å². The molecule has 1 aliphatic rings. The van der Waals surface area contributed by atoms with Crippen LogP contribution in [0.15, 0.2) is 0 Å². The molecule has 1 heterocycles. The molecular weight excluding hydrogens is 206 g/mol. The average Bonchev–Trinajstić information content (AvgIpc) is 2.57. The standard InChI is InChI=1S/C16H33N/c1-5-14(2)12-15(3)16(4)13-17-10-8-6-7-9-11-17/h14-16H,5-13H2,1-4H3. The second kappa shape index (κ2) is 8.13. The molecule has 1 fully saturated rings. The van der Waals surface area contributed by atoms with Crippen molar-refractivity contribution in [1.82, 2.24) is 4.90 Å². The summed E-state index contributed by atoms with van der Waals surface area (Å²) in [6, 6.07) is 0. The van der Waals surface area contributed by atoms with Gasteiger partial charge in [-0.05, 0) is 50.1 Å². The molecular formula is C16H33N. The van der Waals surface area contributed by atoms with Gasteiger partial charge in [0.25, 0.3) is 0 Å². The van der Waals surface area contributed by atoms with E-state index in [2.05, 4.69) is 32.6 Å². The summed E-state index contributed by atoms with van der Waals surface area (Å²) in [7, 11) is 0. The van der Waals surface area contributed by atoms with Gasteiger partial charge in [-0.15, -0.1) is 0 Å². The van der Waals surface area contributed by atoms with Gasteiger partial charge in [0.05, 0.1) is 0 Å². The summed E-state index contributed by atoms with van der Waals surface area (Å²) in [6.07, 6.45) is 8.49. The smallest absolute Gasteiger partial charge is 0.000956 e. The van der Waals surface area contributed by atoms with E-state index in [0.717, 1.165) is 17.8 Å². The van der Waals surface area contributed by atoms with Gasteiger partial charge in [-0.3, -0.25) is 0 Å². The highest BCUT2D eigenvalue weighted by Gasteiger charge is 2.18. The second-order valence-corrected chi connectivity index (χ2v) is 6.42. The molecule has 0 aromatic rings. The third-order valence-electron chi connectivity index (χ3n) is 4.69. The average molecular weight is 239 g/mol. The van der Waals surface area contributed by atoms with Crippen LogP contribution in [0.5, 0.6) is 0 Å². The lowest BCUT2D eigenvalue weighted by Gasteiger charge is -2.29. The Labute approximate surface area is 109 Å². The molecule has 17 heavy (non-hydrogen) atoms. The van der Waals surface area contributed by atoms with Gasteiger partial charge in [-0.1, -0.05) is 47.0 Å². The van der Waals surface area contributed by atoms with Gasteiger partial charge in [0, 0.05) is 6.54 Å². The van der Waals surface area contributed by atoms with E-state index in [-0.39, 0.29) is 0 Å². The molecule has 0 radical (unpaired) electrons. The Morgan fingerprint density at radius 2 is 1.47 bits per heavy atom. The molecule has 0 saturated carbocycles. The maximum atomic E-state index is 2.71. The quantitative estimate of drug-likeness (QED) is 0.656. The molecule has 102 valence electrons. The van der Waals surface area contributed by atoms with Gasteiger partial charge < -0.3 is 4.90 Å². The van der Waals surface area contributed by atoms with Crippen molar-refractivity contribution in [3.63, 3.8) is 0 Å². The van der Waals surface area contributed by atoms with Crippen molar-refractivity contribution in [2.75, 3.05) is 19.6 Å². The first-order valence-electron chi connectivity index (χ1n) is 7.85. The molecule has 0 bridgehead atoms. The molecule has 1 heteroatoms. The molecule has 0 N–H and O–H groups in total. The Bertz CT molecular complexity index is 182. The molecule has 0 spiro atoms. The molecule has 3 atom stereocenters. The predicted octanol–water partition coefficient (Wildman–Crippen LogP) is 4.57. The van der Waals surface area contributed by atoms with E-state index in [1.165, 1.54) is 58.2 Å². The summed E-state index contributed by atoms with van der Waals surface area (Å²) in [5.41, 5.74) is 0. The lowest BCUT2D eigenvalue weighted by Crippen LogP contribution is -2.32. The number of hydrogen-bond acceptors (Lipinski definition) is 1. The molecule has 3 unspecified atom stereocenters. The zero-order valence-corrected chi connectivity index (χ0v) is 12.5. The second-order valence-electron chi connectivity index (χ2n) is 6.42. The van der Waals surface area contributed by atoms with Crippen molar-refractivity contribution in [3.05, 3.63) is 0 Å². The van der Waals surface area contributed by atoms with Crippen LogP contribution in [0.2, 0.25) is 0 Å². The predicted molar refractivity (Wildman–Crippen MR) is 77.3 cm³/mol. The van der Waals surface area contributed by atoms with Crippen molar-refractivity contribution in [1.29, 1.82) is 0 Å². The monoisotopic (exact) mass is 239 g/mol. The van der Waals surface area contributed by atoms with Gasteiger partial charge in [0.1, 0.15) is 0 Å². The van der Waals surface area contributed by atoms with E-state index in [4.69, 9.17) is 0 Å². The fourth-order valence-corrected chi connectivity index (χ4v) is 2.94. The summed E-state index contributed by atoms with van der Waals surface area (Å²) in [5, 5.41) is 0. The summed E-state index contributed by atoms with van der Waals surface area (Å²) >= 11 is 0. The topological polar surface area (TPSA) is 3.24 Å². The van der Waals surface area contributed by atoms with Crippen LogP contribution in [0.3, 0.4) is 0 Å². The molecule has 1 aliphatic heterocycles. The molecule has 1 nitrogen and oxygen atoms in total. The largest absolute Gasteiger partial charge is 0.303 e. The van der Waals surface area contributed by atoms with Crippen LogP contribution in [-0.2, 0) is 0 Å². The van der Waals surface area contributed by atoms with E-state index < -0.39 is 0 Å². The van der Waals surface area contributed by atoms with Gasteiger partial charge in [-0.2, -0.15) is 0 Å². The van der Waals surface area contributed by atoms with Crippen LogP contribution in [0, 0.1) is 17.8 Å². The van der Waals surface area contributed by atoms with E-state index in [9.17, 15) is 0 Å². The van der Waals surface area contributed by atoms with E-state index in [1.54, 1.807) is 0 Å². The van der Waals surface area contributed by atoms with E-state index in [1.807, 2.05) is 0 Å². The molecule has 1 saturated heterocycles. The molecule has 0 aliphatic carbocycles. The summed E-state index contributed by atoms with van der Waals surface area (Å²) < 4.78 is 0. The van der Waals surface area contributed by atoms with Gasteiger partial charge >= 0.3 is 0 Å². The summed E-state index contributed by atoms with van der Waals surface area (Å²) in [5.74, 6) is 2.65. The van der Waals surface area contributed by atoms with Crippen LogP contribution < -0.4 is 0 Å². The normalized spacial score (nSPS) is 24.0. The highest BCUT2D eigenvalue weighted by atomic mass is 15.1. The highest BCUT2D eigenvalue weighted by molar-refractivity contribution is 4.71. The lowest BCUT2D eigenvalue weighted by molar-refractivity contribution is 0.196. The first kappa shape index (κ1) is 15.0. The van der Waals surface area contributed by atoms with Crippen molar-refractivity contribution in [3.8, 4) is 0 Å². The van der Waals surface area contributed by atoms with Crippen LogP contribution in [0.4, 0.5) is 0 Å². The fourth-order valence-electron chi connectivity index (χ4n) is 2.94. The SMILES string of the molecule is CCC(C)CC(C)C(C)CN1CCCCCC1. The van der Waals surface area contributed by atoms with Crippen LogP contribution >= 0.6 is 0 Å². The Balaban J connectivity index is 2.28. The molecule has 0 aromatic heterocycles. The summed E-state index contributed by atoms with van der Waals surface area (Å²) in [4.78, 5) is 2.71. The fraction of sp³-hybridized carbons (Fsp3) is 1.00. The maximum Gasteiger partial charge on any atom is 0.000956 e. The summed E-state index contributed by atoms with van der Waals surface area (Å²) in [6.45, 7) is 13.6. The lowest BCUT2D eigenvalue weighted by atomic mass is 9.86. The number of hydrogen-bond donors (Lipinski definition) is 0. The first-order valence-corrected chi connectivity index (χ1v) is 7.85. The number of nitrogens with zero attached hydrogens (tertiary/aromatic N) is 1. The zero-order chi connectivity index (χ0) is 12.7. The first-order chi connectivity index (χ1) is 8.13. The number of rotatable bonds is 6. The third-order valence-corrected chi connectivity index (χ3v) is 4.69. The Kier molecular flexibility index (Phi) is 7.18. The molecule has 0 aromatic carbocycles. The van der Waals surface area contributed by atoms with Crippen molar-refractivity contribution in [2.45, 2.75) is 66.2 Å². The minimum Gasteiger partial charge on any atom is -0.303 e. The van der Waals surface area contributed by atoms with Crippen LogP contribution in [-0.4, -0.2) is 24.5 Å².